The molecule has 0 bridgehead atoms. The molecule has 1 aromatic carbocycles. The van der Waals surface area contributed by atoms with Crippen molar-refractivity contribution in [2.75, 3.05) is 37.6 Å². The lowest BCUT2D eigenvalue weighted by molar-refractivity contribution is -0.138. The third-order valence-corrected chi connectivity index (χ3v) is 5.28. The lowest BCUT2D eigenvalue weighted by Crippen LogP contribution is -2.52. The van der Waals surface area contributed by atoms with Gasteiger partial charge < -0.3 is 14.8 Å². The van der Waals surface area contributed by atoms with E-state index in [-0.39, 0.29) is 6.04 Å². The predicted octanol–water partition coefficient (Wildman–Crippen LogP) is 2.19. The molecule has 0 spiro atoms. The van der Waals surface area contributed by atoms with Crippen LogP contribution in [0.2, 0.25) is 0 Å². The van der Waals surface area contributed by atoms with Crippen molar-refractivity contribution in [3.8, 4) is 0 Å². The molecule has 1 fully saturated rings. The van der Waals surface area contributed by atoms with Crippen LogP contribution in [0.25, 0.3) is 0 Å². The van der Waals surface area contributed by atoms with Gasteiger partial charge in [0.05, 0.1) is 5.56 Å². The minimum absolute atomic E-state index is 0.0742. The molecule has 1 aliphatic rings. The molecule has 0 radical (unpaired) electrons. The van der Waals surface area contributed by atoms with Gasteiger partial charge in [0.25, 0.3) is 5.56 Å². The number of carbonyl (C=O) groups is 1. The number of hydrogen-bond donors (Lipinski definition) is 1. The quantitative estimate of drug-likeness (QED) is 0.776. The number of pyridine rings is 1. The van der Waals surface area contributed by atoms with Crippen LogP contribution >= 0.6 is 0 Å². The van der Waals surface area contributed by atoms with E-state index in [0.717, 1.165) is 36.8 Å². The van der Waals surface area contributed by atoms with Crippen LogP contribution in [-0.2, 0) is 17.5 Å². The predicted molar refractivity (Wildman–Crippen MR) is 108 cm³/mol. The van der Waals surface area contributed by atoms with Crippen LogP contribution in [-0.4, -0.2) is 54.1 Å². The molecule has 6 nitrogen and oxygen atoms in total. The Kier molecular flexibility index (Phi) is 6.81. The maximum absolute atomic E-state index is 12.8. The highest BCUT2D eigenvalue weighted by Gasteiger charge is 2.31. The number of para-hydroxylation sites is 1. The number of anilines is 1. The number of alkyl halides is 3. The topological polar surface area (TPSA) is 57.6 Å². The Labute approximate surface area is 172 Å². The van der Waals surface area contributed by atoms with Crippen LogP contribution < -0.4 is 15.8 Å². The number of piperazine rings is 1. The highest BCUT2D eigenvalue weighted by Crippen LogP contribution is 2.28. The molecule has 1 unspecified atom stereocenters. The Morgan fingerprint density at radius 3 is 2.37 bits per heavy atom. The van der Waals surface area contributed by atoms with E-state index in [2.05, 4.69) is 27.2 Å². The number of amides is 1. The molecule has 1 N–H and O–H groups in total. The van der Waals surface area contributed by atoms with E-state index < -0.39 is 29.8 Å². The average molecular weight is 422 g/mol. The largest absolute Gasteiger partial charge is 0.417 e. The van der Waals surface area contributed by atoms with E-state index in [0.29, 0.717) is 18.8 Å². The Balaban J connectivity index is 1.48. The first-order valence-electron chi connectivity index (χ1n) is 9.82. The number of benzene rings is 1. The fourth-order valence-electron chi connectivity index (χ4n) is 3.48. The van der Waals surface area contributed by atoms with Crippen LogP contribution in [0.4, 0.5) is 18.9 Å². The molecule has 2 aromatic rings. The number of rotatable bonds is 6. The van der Waals surface area contributed by atoms with E-state index in [1.807, 2.05) is 25.1 Å². The van der Waals surface area contributed by atoms with Crippen molar-refractivity contribution in [2.45, 2.75) is 25.7 Å². The van der Waals surface area contributed by atoms with Crippen LogP contribution in [0.5, 0.6) is 0 Å². The molecule has 1 saturated heterocycles. The standard InChI is InChI=1S/C21H25F3N4O2/c1-16(26-9-11-27(12-10-26)18-5-3-2-4-6-18)13-25-19(29)15-28-14-17(21(22,23)24)7-8-20(28)30/h2-8,14,16H,9-13,15H2,1H3,(H,25,29). The van der Waals surface area contributed by atoms with Crippen molar-refractivity contribution in [3.63, 3.8) is 0 Å². The first-order valence-corrected chi connectivity index (χ1v) is 9.82. The summed E-state index contributed by atoms with van der Waals surface area (Å²) in [5.74, 6) is -0.494. The number of nitrogens with one attached hydrogen (secondary N) is 1. The van der Waals surface area contributed by atoms with E-state index >= 15 is 0 Å². The molecule has 1 amide bonds. The van der Waals surface area contributed by atoms with Gasteiger partial charge in [0.15, 0.2) is 0 Å². The van der Waals surface area contributed by atoms with Crippen LogP contribution in [0.3, 0.4) is 0 Å². The van der Waals surface area contributed by atoms with Crippen molar-refractivity contribution in [1.82, 2.24) is 14.8 Å². The molecule has 1 aliphatic heterocycles. The number of nitrogens with zero attached hydrogens (tertiary/aromatic N) is 3. The summed E-state index contributed by atoms with van der Waals surface area (Å²) in [4.78, 5) is 28.5. The fourth-order valence-corrected chi connectivity index (χ4v) is 3.48. The van der Waals surface area contributed by atoms with Gasteiger partial charge in [-0.2, -0.15) is 13.2 Å². The molecule has 3 rings (SSSR count). The molecular formula is C21H25F3N4O2. The summed E-state index contributed by atoms with van der Waals surface area (Å²) in [6, 6.07) is 11.8. The minimum Gasteiger partial charge on any atom is -0.369 e. The molecule has 0 saturated carbocycles. The number of aromatic nitrogens is 1. The second-order valence-corrected chi connectivity index (χ2v) is 7.39. The first-order chi connectivity index (χ1) is 14.2. The van der Waals surface area contributed by atoms with E-state index in [1.165, 1.54) is 5.69 Å². The average Bonchev–Trinajstić information content (AvgIpc) is 2.73. The smallest absolute Gasteiger partial charge is 0.369 e. The molecule has 0 aliphatic carbocycles. The molecule has 162 valence electrons. The first kappa shape index (κ1) is 21.9. The monoisotopic (exact) mass is 422 g/mol. The third-order valence-electron chi connectivity index (χ3n) is 5.28. The van der Waals surface area contributed by atoms with Gasteiger partial charge in [-0.1, -0.05) is 18.2 Å². The summed E-state index contributed by atoms with van der Waals surface area (Å²) in [5.41, 5.74) is -0.424. The third kappa shape index (κ3) is 5.63. The van der Waals surface area contributed by atoms with Crippen molar-refractivity contribution in [1.29, 1.82) is 0 Å². The van der Waals surface area contributed by atoms with Gasteiger partial charge in [0.2, 0.25) is 5.91 Å². The molecule has 2 heterocycles. The van der Waals surface area contributed by atoms with E-state index in [9.17, 15) is 22.8 Å². The number of hydrogen-bond acceptors (Lipinski definition) is 4. The molecule has 30 heavy (non-hydrogen) atoms. The highest BCUT2D eigenvalue weighted by molar-refractivity contribution is 5.75. The van der Waals surface area contributed by atoms with Crippen molar-refractivity contribution in [3.05, 3.63) is 64.6 Å². The van der Waals surface area contributed by atoms with Crippen LogP contribution in [0.1, 0.15) is 12.5 Å². The zero-order valence-corrected chi connectivity index (χ0v) is 16.7. The number of carbonyl (C=O) groups excluding carboxylic acids is 1. The summed E-state index contributed by atoms with van der Waals surface area (Å²) < 4.78 is 39.2. The van der Waals surface area contributed by atoms with E-state index in [4.69, 9.17) is 0 Å². The molecule has 1 atom stereocenters. The van der Waals surface area contributed by atoms with Crippen molar-refractivity contribution >= 4 is 11.6 Å². The summed E-state index contributed by atoms with van der Waals surface area (Å²) in [6.07, 6.45) is -3.89. The summed E-state index contributed by atoms with van der Waals surface area (Å²) >= 11 is 0. The van der Waals surface area contributed by atoms with Gasteiger partial charge in [0.1, 0.15) is 6.54 Å². The molecule has 1 aromatic heterocycles. The fraction of sp³-hybridized carbons (Fsp3) is 0.429. The lowest BCUT2D eigenvalue weighted by atomic mass is 10.2. The SMILES string of the molecule is CC(CNC(=O)Cn1cc(C(F)(F)F)ccc1=O)N1CCN(c2ccccc2)CC1. The second kappa shape index (κ2) is 9.34. The Morgan fingerprint density at radius 2 is 1.73 bits per heavy atom. The van der Waals surface area contributed by atoms with Gasteiger partial charge in [-0.05, 0) is 25.1 Å². The molecule has 9 heteroatoms. The summed E-state index contributed by atoms with van der Waals surface area (Å²) in [5, 5.41) is 2.72. The van der Waals surface area contributed by atoms with Gasteiger partial charge in [-0.15, -0.1) is 0 Å². The maximum atomic E-state index is 12.8. The van der Waals surface area contributed by atoms with E-state index in [1.54, 1.807) is 0 Å². The Hall–Kier alpha value is -2.81. The minimum atomic E-state index is -4.57. The molecular weight excluding hydrogens is 397 g/mol. The van der Waals surface area contributed by atoms with Crippen LogP contribution in [0, 0.1) is 0 Å². The van der Waals surface area contributed by atoms with Crippen molar-refractivity contribution in [2.24, 2.45) is 0 Å². The van der Waals surface area contributed by atoms with Crippen LogP contribution in [0.15, 0.2) is 53.5 Å². The second-order valence-electron chi connectivity index (χ2n) is 7.39. The van der Waals surface area contributed by atoms with Gasteiger partial charge in [-0.25, -0.2) is 0 Å². The zero-order valence-electron chi connectivity index (χ0n) is 16.7. The van der Waals surface area contributed by atoms with Crippen molar-refractivity contribution < 1.29 is 18.0 Å². The van der Waals surface area contributed by atoms with Gasteiger partial charge >= 0.3 is 6.18 Å². The highest BCUT2D eigenvalue weighted by atomic mass is 19.4. The normalized spacial score (nSPS) is 16.3. The zero-order chi connectivity index (χ0) is 21.7. The Morgan fingerprint density at radius 1 is 1.07 bits per heavy atom. The summed E-state index contributed by atoms with van der Waals surface area (Å²) in [6.45, 7) is 5.35. The van der Waals surface area contributed by atoms with Gasteiger partial charge in [-0.3, -0.25) is 14.5 Å². The Bertz CT molecular complexity index is 906. The maximum Gasteiger partial charge on any atom is 0.417 e. The lowest BCUT2D eigenvalue weighted by Gasteiger charge is -2.39. The number of halogens is 3. The van der Waals surface area contributed by atoms with Gasteiger partial charge in [0, 0.05) is 56.7 Å². The summed E-state index contributed by atoms with van der Waals surface area (Å²) in [7, 11) is 0.